The highest BCUT2D eigenvalue weighted by Crippen LogP contribution is 2.28. The lowest BCUT2D eigenvalue weighted by Gasteiger charge is -2.27. The van der Waals surface area contributed by atoms with Gasteiger partial charge in [-0.05, 0) is 18.2 Å². The molecule has 1 aliphatic heterocycles. The minimum atomic E-state index is -0.131. The molecular weight excluding hydrogens is 222 g/mol. The first-order valence-electron chi connectivity index (χ1n) is 5.91. The highest BCUT2D eigenvalue weighted by Gasteiger charge is 2.19. The van der Waals surface area contributed by atoms with Crippen molar-refractivity contribution in [1.29, 1.82) is 0 Å². The van der Waals surface area contributed by atoms with E-state index in [-0.39, 0.29) is 6.23 Å². The van der Waals surface area contributed by atoms with Gasteiger partial charge in [-0.15, -0.1) is 6.42 Å². The lowest BCUT2D eigenvalue weighted by Crippen LogP contribution is -2.30. The van der Waals surface area contributed by atoms with Gasteiger partial charge in [-0.1, -0.05) is 36.3 Å². The smallest absolute Gasteiger partial charge is 0.176 e. The number of terminal acetylenes is 1. The van der Waals surface area contributed by atoms with Gasteiger partial charge in [0.05, 0.1) is 0 Å². The molecule has 2 nitrogen and oxygen atoms in total. The first-order valence-corrected chi connectivity index (χ1v) is 5.91. The molecule has 0 saturated heterocycles. The molecule has 2 aromatic rings. The molecule has 1 heterocycles. The number of para-hydroxylation sites is 1. The number of benzene rings is 2. The molecule has 0 saturated carbocycles. The summed E-state index contributed by atoms with van der Waals surface area (Å²) in [7, 11) is 0. The van der Waals surface area contributed by atoms with Gasteiger partial charge in [-0.25, -0.2) is 0 Å². The lowest BCUT2D eigenvalue weighted by molar-refractivity contribution is 0.144. The molecule has 3 rings (SSSR count). The number of nitrogens with one attached hydrogen (secondary N) is 1. The molecule has 1 atom stereocenters. The molecule has 2 aromatic carbocycles. The van der Waals surface area contributed by atoms with Crippen LogP contribution in [0.15, 0.2) is 48.5 Å². The Kier molecular flexibility index (Phi) is 2.76. The van der Waals surface area contributed by atoms with Crippen LogP contribution in [0.1, 0.15) is 22.9 Å². The van der Waals surface area contributed by atoms with E-state index < -0.39 is 0 Å². The molecule has 0 radical (unpaired) electrons. The summed E-state index contributed by atoms with van der Waals surface area (Å²) in [4.78, 5) is 0. The number of ether oxygens (including phenoxy) is 1. The van der Waals surface area contributed by atoms with Gasteiger partial charge in [-0.3, -0.25) is 5.32 Å². The molecule has 0 aliphatic carbocycles. The van der Waals surface area contributed by atoms with E-state index in [1.165, 1.54) is 5.56 Å². The summed E-state index contributed by atoms with van der Waals surface area (Å²) in [5, 5.41) is 3.35. The standard InChI is InChI=1S/C16H13NO/c1-2-12-6-5-8-13(10-12)16-17-11-14-7-3-4-9-15(14)18-16/h1,3-10,16-17H,11H2. The molecule has 0 amide bonds. The normalized spacial score (nSPS) is 17.4. The molecule has 1 unspecified atom stereocenters. The van der Waals surface area contributed by atoms with Crippen molar-refractivity contribution in [1.82, 2.24) is 5.32 Å². The van der Waals surface area contributed by atoms with E-state index in [1.54, 1.807) is 0 Å². The predicted molar refractivity (Wildman–Crippen MR) is 71.0 cm³/mol. The van der Waals surface area contributed by atoms with Crippen molar-refractivity contribution in [2.75, 3.05) is 0 Å². The summed E-state index contributed by atoms with van der Waals surface area (Å²) in [6, 6.07) is 15.9. The first-order chi connectivity index (χ1) is 8.86. The third-order valence-corrected chi connectivity index (χ3v) is 3.05. The number of hydrogen-bond donors (Lipinski definition) is 1. The molecule has 0 aromatic heterocycles. The fourth-order valence-corrected chi connectivity index (χ4v) is 2.11. The topological polar surface area (TPSA) is 21.3 Å². The quantitative estimate of drug-likeness (QED) is 0.767. The van der Waals surface area contributed by atoms with Gasteiger partial charge in [-0.2, -0.15) is 0 Å². The van der Waals surface area contributed by atoms with Crippen molar-refractivity contribution in [3.63, 3.8) is 0 Å². The van der Waals surface area contributed by atoms with Crippen molar-refractivity contribution in [2.45, 2.75) is 12.8 Å². The Morgan fingerprint density at radius 2 is 2.06 bits per heavy atom. The lowest BCUT2D eigenvalue weighted by atomic mass is 10.1. The van der Waals surface area contributed by atoms with Crippen LogP contribution in [0.4, 0.5) is 0 Å². The van der Waals surface area contributed by atoms with Crippen LogP contribution >= 0.6 is 0 Å². The minimum Gasteiger partial charge on any atom is -0.471 e. The zero-order valence-electron chi connectivity index (χ0n) is 9.89. The maximum atomic E-state index is 5.94. The van der Waals surface area contributed by atoms with Crippen LogP contribution in [-0.4, -0.2) is 0 Å². The van der Waals surface area contributed by atoms with Gasteiger partial charge in [0.2, 0.25) is 0 Å². The monoisotopic (exact) mass is 235 g/mol. The summed E-state index contributed by atoms with van der Waals surface area (Å²) >= 11 is 0. The highest BCUT2D eigenvalue weighted by molar-refractivity contribution is 5.39. The highest BCUT2D eigenvalue weighted by atomic mass is 16.5. The molecule has 1 aliphatic rings. The molecule has 88 valence electrons. The van der Waals surface area contributed by atoms with Crippen molar-refractivity contribution in [3.8, 4) is 18.1 Å². The minimum absolute atomic E-state index is 0.131. The Morgan fingerprint density at radius 1 is 1.17 bits per heavy atom. The molecule has 0 fully saturated rings. The maximum absolute atomic E-state index is 5.94. The summed E-state index contributed by atoms with van der Waals surface area (Å²) in [6.07, 6.45) is 5.28. The third kappa shape index (κ3) is 1.97. The van der Waals surface area contributed by atoms with E-state index >= 15 is 0 Å². The molecular formula is C16H13NO. The Hall–Kier alpha value is -2.24. The van der Waals surface area contributed by atoms with E-state index in [2.05, 4.69) is 17.3 Å². The second-order valence-electron chi connectivity index (χ2n) is 4.26. The second kappa shape index (κ2) is 4.56. The molecule has 0 spiro atoms. The van der Waals surface area contributed by atoms with Crippen molar-refractivity contribution in [2.24, 2.45) is 0 Å². The van der Waals surface area contributed by atoms with E-state index in [4.69, 9.17) is 11.2 Å². The molecule has 2 heteroatoms. The maximum Gasteiger partial charge on any atom is 0.176 e. The van der Waals surface area contributed by atoms with Gasteiger partial charge in [0, 0.05) is 23.2 Å². The van der Waals surface area contributed by atoms with Crippen LogP contribution in [0.2, 0.25) is 0 Å². The van der Waals surface area contributed by atoms with E-state index in [0.717, 1.165) is 23.4 Å². The van der Waals surface area contributed by atoms with Crippen molar-refractivity contribution < 1.29 is 4.74 Å². The number of rotatable bonds is 1. The largest absolute Gasteiger partial charge is 0.471 e. The summed E-state index contributed by atoms with van der Waals surface area (Å²) in [5.41, 5.74) is 3.11. The second-order valence-corrected chi connectivity index (χ2v) is 4.26. The van der Waals surface area contributed by atoms with Gasteiger partial charge >= 0.3 is 0 Å². The van der Waals surface area contributed by atoms with E-state index in [9.17, 15) is 0 Å². The van der Waals surface area contributed by atoms with E-state index in [1.807, 2.05) is 42.5 Å². The first kappa shape index (κ1) is 10.9. The van der Waals surface area contributed by atoms with Crippen molar-refractivity contribution in [3.05, 3.63) is 65.2 Å². The fourth-order valence-electron chi connectivity index (χ4n) is 2.11. The third-order valence-electron chi connectivity index (χ3n) is 3.05. The van der Waals surface area contributed by atoms with Gasteiger partial charge in [0.25, 0.3) is 0 Å². The van der Waals surface area contributed by atoms with Crippen LogP contribution in [0.5, 0.6) is 5.75 Å². The predicted octanol–water partition coefficient (Wildman–Crippen LogP) is 2.85. The van der Waals surface area contributed by atoms with Crippen LogP contribution in [-0.2, 0) is 6.54 Å². The Balaban J connectivity index is 1.90. The summed E-state index contributed by atoms with van der Waals surface area (Å²) in [5.74, 6) is 3.58. The Morgan fingerprint density at radius 3 is 2.94 bits per heavy atom. The molecule has 1 N–H and O–H groups in total. The Labute approximate surface area is 107 Å². The average Bonchev–Trinajstić information content (AvgIpc) is 2.47. The zero-order valence-corrected chi connectivity index (χ0v) is 9.89. The van der Waals surface area contributed by atoms with Crippen LogP contribution in [0.3, 0.4) is 0 Å². The SMILES string of the molecule is C#Cc1cccc(C2NCc3ccccc3O2)c1. The van der Waals surface area contributed by atoms with Gasteiger partial charge < -0.3 is 4.74 Å². The van der Waals surface area contributed by atoms with Gasteiger partial charge in [0.1, 0.15) is 5.75 Å². The average molecular weight is 235 g/mol. The van der Waals surface area contributed by atoms with Crippen LogP contribution in [0, 0.1) is 12.3 Å². The van der Waals surface area contributed by atoms with Crippen molar-refractivity contribution >= 4 is 0 Å². The van der Waals surface area contributed by atoms with E-state index in [0.29, 0.717) is 0 Å². The molecule has 0 bridgehead atoms. The summed E-state index contributed by atoms with van der Waals surface area (Å²) in [6.45, 7) is 0.807. The molecule has 18 heavy (non-hydrogen) atoms. The van der Waals surface area contributed by atoms with Gasteiger partial charge in [0.15, 0.2) is 6.23 Å². The number of fused-ring (bicyclic) bond motifs is 1. The van der Waals surface area contributed by atoms with Crippen LogP contribution in [0.25, 0.3) is 0 Å². The summed E-state index contributed by atoms with van der Waals surface area (Å²) < 4.78 is 5.94. The fraction of sp³-hybridized carbons (Fsp3) is 0.125. The van der Waals surface area contributed by atoms with Crippen LogP contribution < -0.4 is 10.1 Å². The Bertz CT molecular complexity index is 612. The number of hydrogen-bond acceptors (Lipinski definition) is 2. The zero-order chi connectivity index (χ0) is 12.4.